The van der Waals surface area contributed by atoms with Crippen LogP contribution in [0.25, 0.3) is 0 Å². The third-order valence-corrected chi connectivity index (χ3v) is 4.18. The van der Waals surface area contributed by atoms with E-state index >= 15 is 0 Å². The van der Waals surface area contributed by atoms with E-state index in [-0.39, 0.29) is 6.54 Å². The summed E-state index contributed by atoms with van der Waals surface area (Å²) in [6.45, 7) is 5.88. The van der Waals surface area contributed by atoms with E-state index in [2.05, 4.69) is 0 Å². The standard InChI is InChI=1S/C16H23NO8/c1-8(18)22-12-5-6-17-7-13(23-9(2)19)15(24-10(3)20)16(14(12)17)25-11(4)21/h12-16H,5-7H2,1-4H3/t12-,13+,14+,15-,16+/m0/s1. The molecular weight excluding hydrogens is 334 g/mol. The van der Waals surface area contributed by atoms with Gasteiger partial charge >= 0.3 is 23.9 Å². The Morgan fingerprint density at radius 2 is 1.20 bits per heavy atom. The van der Waals surface area contributed by atoms with E-state index in [1.54, 1.807) is 0 Å². The number of carbonyl (C=O) groups excluding carboxylic acids is 4. The van der Waals surface area contributed by atoms with Gasteiger partial charge in [0.05, 0.1) is 6.04 Å². The molecule has 2 heterocycles. The lowest BCUT2D eigenvalue weighted by atomic mass is 9.92. The highest BCUT2D eigenvalue weighted by molar-refractivity contribution is 5.69. The zero-order chi connectivity index (χ0) is 18.7. The van der Waals surface area contributed by atoms with Gasteiger partial charge in [-0.15, -0.1) is 0 Å². The first-order valence-electron chi connectivity index (χ1n) is 8.12. The Balaban J connectivity index is 2.34. The first kappa shape index (κ1) is 19.2. The maximum atomic E-state index is 11.6. The number of fused-ring (bicyclic) bond motifs is 1. The van der Waals surface area contributed by atoms with Gasteiger partial charge in [-0.3, -0.25) is 24.1 Å². The van der Waals surface area contributed by atoms with Crippen LogP contribution in [0, 0.1) is 0 Å². The van der Waals surface area contributed by atoms with Crippen molar-refractivity contribution in [1.29, 1.82) is 0 Å². The van der Waals surface area contributed by atoms with Crippen molar-refractivity contribution in [3.63, 3.8) is 0 Å². The fourth-order valence-electron chi connectivity index (χ4n) is 3.54. The maximum Gasteiger partial charge on any atom is 0.303 e. The highest BCUT2D eigenvalue weighted by Crippen LogP contribution is 2.34. The molecule has 9 nitrogen and oxygen atoms in total. The summed E-state index contributed by atoms with van der Waals surface area (Å²) in [5.74, 6) is -2.13. The quantitative estimate of drug-likeness (QED) is 0.499. The molecule has 5 atom stereocenters. The zero-order valence-electron chi connectivity index (χ0n) is 14.7. The van der Waals surface area contributed by atoms with Gasteiger partial charge in [-0.2, -0.15) is 0 Å². The second-order valence-corrected chi connectivity index (χ2v) is 6.22. The van der Waals surface area contributed by atoms with E-state index in [1.165, 1.54) is 27.7 Å². The van der Waals surface area contributed by atoms with Gasteiger partial charge in [0, 0.05) is 40.8 Å². The van der Waals surface area contributed by atoms with E-state index in [0.29, 0.717) is 13.0 Å². The summed E-state index contributed by atoms with van der Waals surface area (Å²) in [5.41, 5.74) is 0. The van der Waals surface area contributed by atoms with Gasteiger partial charge in [0.2, 0.25) is 0 Å². The fourth-order valence-corrected chi connectivity index (χ4v) is 3.54. The van der Waals surface area contributed by atoms with Crippen LogP contribution in [0.2, 0.25) is 0 Å². The van der Waals surface area contributed by atoms with Crippen LogP contribution in [0.4, 0.5) is 0 Å². The molecule has 0 aromatic heterocycles. The average molecular weight is 357 g/mol. The van der Waals surface area contributed by atoms with E-state index in [1.807, 2.05) is 4.90 Å². The number of piperidine rings is 1. The lowest BCUT2D eigenvalue weighted by molar-refractivity contribution is -0.206. The molecule has 0 amide bonds. The molecule has 0 aliphatic carbocycles. The smallest absolute Gasteiger partial charge is 0.303 e. The molecule has 140 valence electrons. The first-order valence-corrected chi connectivity index (χ1v) is 8.12. The average Bonchev–Trinajstić information content (AvgIpc) is 2.82. The Hall–Kier alpha value is -2.16. The SMILES string of the molecule is CC(=O)O[C@@H]1[C@H](OC(C)=O)[C@H]2[C@@H](OC(C)=O)CCN2C[C@H]1OC(C)=O. The van der Waals surface area contributed by atoms with Crippen LogP contribution in [0.3, 0.4) is 0 Å². The summed E-state index contributed by atoms with van der Waals surface area (Å²) in [6, 6.07) is -0.469. The van der Waals surface area contributed by atoms with E-state index in [0.717, 1.165) is 0 Å². The highest BCUT2D eigenvalue weighted by Gasteiger charge is 2.55. The van der Waals surface area contributed by atoms with E-state index in [4.69, 9.17) is 18.9 Å². The Labute approximate surface area is 145 Å². The van der Waals surface area contributed by atoms with Crippen LogP contribution in [-0.2, 0) is 38.1 Å². The molecular formula is C16H23NO8. The topological polar surface area (TPSA) is 108 Å². The molecule has 0 aromatic rings. The number of carbonyl (C=O) groups is 4. The number of nitrogens with zero attached hydrogens (tertiary/aromatic N) is 1. The van der Waals surface area contributed by atoms with Gasteiger partial charge in [-0.1, -0.05) is 0 Å². The van der Waals surface area contributed by atoms with Crippen LogP contribution in [-0.4, -0.2) is 72.3 Å². The third-order valence-electron chi connectivity index (χ3n) is 4.18. The minimum Gasteiger partial charge on any atom is -0.461 e. The number of hydrogen-bond acceptors (Lipinski definition) is 9. The summed E-state index contributed by atoms with van der Waals surface area (Å²) in [6.07, 6.45) is -2.62. The highest BCUT2D eigenvalue weighted by atomic mass is 16.6. The molecule has 0 unspecified atom stereocenters. The zero-order valence-corrected chi connectivity index (χ0v) is 14.7. The van der Waals surface area contributed by atoms with Gasteiger partial charge in [-0.25, -0.2) is 0 Å². The number of esters is 4. The van der Waals surface area contributed by atoms with Crippen LogP contribution >= 0.6 is 0 Å². The Kier molecular flexibility index (Phi) is 5.99. The monoisotopic (exact) mass is 357 g/mol. The molecule has 2 saturated heterocycles. The van der Waals surface area contributed by atoms with Crippen molar-refractivity contribution in [2.75, 3.05) is 13.1 Å². The van der Waals surface area contributed by atoms with Crippen molar-refractivity contribution in [3.8, 4) is 0 Å². The van der Waals surface area contributed by atoms with Crippen LogP contribution in [0.5, 0.6) is 0 Å². The van der Waals surface area contributed by atoms with Gasteiger partial charge in [0.25, 0.3) is 0 Å². The summed E-state index contributed by atoms with van der Waals surface area (Å²) < 4.78 is 21.3. The third kappa shape index (κ3) is 4.68. The predicted molar refractivity (Wildman–Crippen MR) is 82.2 cm³/mol. The second-order valence-electron chi connectivity index (χ2n) is 6.22. The van der Waals surface area contributed by atoms with Crippen molar-refractivity contribution in [2.24, 2.45) is 0 Å². The fraction of sp³-hybridized carbons (Fsp3) is 0.750. The molecule has 0 spiro atoms. The van der Waals surface area contributed by atoms with Crippen molar-refractivity contribution in [2.45, 2.75) is 64.6 Å². The lowest BCUT2D eigenvalue weighted by Gasteiger charge is -2.45. The van der Waals surface area contributed by atoms with E-state index in [9.17, 15) is 19.2 Å². The molecule has 2 aliphatic rings. The van der Waals surface area contributed by atoms with Gasteiger partial charge in [0.1, 0.15) is 6.10 Å². The van der Waals surface area contributed by atoms with Crippen LogP contribution in [0.15, 0.2) is 0 Å². The largest absolute Gasteiger partial charge is 0.461 e. The summed E-state index contributed by atoms with van der Waals surface area (Å²) >= 11 is 0. The molecule has 0 bridgehead atoms. The summed E-state index contributed by atoms with van der Waals surface area (Å²) in [4.78, 5) is 47.8. The lowest BCUT2D eigenvalue weighted by Crippen LogP contribution is -2.64. The maximum absolute atomic E-state index is 11.6. The van der Waals surface area contributed by atoms with Gasteiger partial charge < -0.3 is 18.9 Å². The number of ether oxygens (including phenoxy) is 4. The molecule has 25 heavy (non-hydrogen) atoms. The molecule has 2 rings (SSSR count). The first-order chi connectivity index (χ1) is 11.7. The molecule has 0 radical (unpaired) electrons. The van der Waals surface area contributed by atoms with Crippen molar-refractivity contribution in [3.05, 3.63) is 0 Å². The molecule has 2 aliphatic heterocycles. The normalized spacial score (nSPS) is 31.6. The Morgan fingerprint density at radius 1 is 0.720 bits per heavy atom. The minimum absolute atomic E-state index is 0.289. The minimum atomic E-state index is -0.970. The predicted octanol–water partition coefficient (Wildman–Crippen LogP) is -0.199. The Bertz CT molecular complexity index is 562. The van der Waals surface area contributed by atoms with E-state index < -0.39 is 54.3 Å². The molecule has 0 aromatic carbocycles. The second kappa shape index (κ2) is 7.81. The van der Waals surface area contributed by atoms with Gasteiger partial charge in [-0.05, 0) is 6.42 Å². The number of hydrogen-bond donors (Lipinski definition) is 0. The molecule has 0 saturated carbocycles. The molecule has 9 heteroatoms. The van der Waals surface area contributed by atoms with Crippen LogP contribution in [0.1, 0.15) is 34.1 Å². The summed E-state index contributed by atoms with van der Waals surface area (Å²) in [7, 11) is 0. The molecule has 2 fully saturated rings. The van der Waals surface area contributed by atoms with Crippen molar-refractivity contribution < 1.29 is 38.1 Å². The Morgan fingerprint density at radius 3 is 1.72 bits per heavy atom. The van der Waals surface area contributed by atoms with Gasteiger partial charge in [0.15, 0.2) is 18.3 Å². The van der Waals surface area contributed by atoms with Crippen LogP contribution < -0.4 is 0 Å². The van der Waals surface area contributed by atoms with Crippen molar-refractivity contribution >= 4 is 23.9 Å². The number of rotatable bonds is 4. The summed E-state index contributed by atoms with van der Waals surface area (Å²) in [5, 5.41) is 0. The molecule has 0 N–H and O–H groups in total. The van der Waals surface area contributed by atoms with Crippen molar-refractivity contribution in [1.82, 2.24) is 4.90 Å².